The van der Waals surface area contributed by atoms with Gasteiger partial charge in [-0.1, -0.05) is 0 Å². The van der Waals surface area contributed by atoms with E-state index >= 15 is 0 Å². The Morgan fingerprint density at radius 2 is 1.82 bits per heavy atom. The van der Waals surface area contributed by atoms with Crippen molar-refractivity contribution in [2.24, 2.45) is 5.92 Å². The predicted octanol–water partition coefficient (Wildman–Crippen LogP) is 2.98. The van der Waals surface area contributed by atoms with E-state index in [1.165, 1.54) is 0 Å². The van der Waals surface area contributed by atoms with Gasteiger partial charge in [-0.15, -0.1) is 0 Å². The van der Waals surface area contributed by atoms with Gasteiger partial charge in [0.25, 0.3) is 5.91 Å². The molecule has 1 aliphatic heterocycles. The minimum atomic E-state index is 0.0885. The Morgan fingerprint density at radius 1 is 1.18 bits per heavy atom. The summed E-state index contributed by atoms with van der Waals surface area (Å²) in [4.78, 5) is 14.3. The first-order valence-corrected chi connectivity index (χ1v) is 7.80. The highest BCUT2D eigenvalue weighted by Gasteiger charge is 2.19. The van der Waals surface area contributed by atoms with Crippen molar-refractivity contribution in [3.63, 3.8) is 0 Å². The SMILES string of the molecule is CN(CC1CCOCC1)C(=O)c1ccc(-n2cccc2)cc1. The number of carbonyl (C=O) groups is 1. The first kappa shape index (κ1) is 14.9. The molecule has 2 heterocycles. The summed E-state index contributed by atoms with van der Waals surface area (Å²) in [7, 11) is 1.89. The molecule has 0 unspecified atom stereocenters. The van der Waals surface area contributed by atoms with Crippen molar-refractivity contribution in [1.29, 1.82) is 0 Å². The Labute approximate surface area is 131 Å². The van der Waals surface area contributed by atoms with Gasteiger partial charge in [0, 0.05) is 50.5 Å². The molecule has 0 aliphatic carbocycles. The maximum atomic E-state index is 12.5. The van der Waals surface area contributed by atoms with E-state index < -0.39 is 0 Å². The molecule has 0 atom stereocenters. The summed E-state index contributed by atoms with van der Waals surface area (Å²) in [5, 5.41) is 0. The van der Waals surface area contributed by atoms with Crippen molar-refractivity contribution in [2.45, 2.75) is 12.8 Å². The van der Waals surface area contributed by atoms with Gasteiger partial charge in [0.15, 0.2) is 0 Å². The van der Waals surface area contributed by atoms with E-state index in [9.17, 15) is 4.79 Å². The molecule has 0 N–H and O–H groups in total. The highest BCUT2D eigenvalue weighted by atomic mass is 16.5. The quantitative estimate of drug-likeness (QED) is 0.869. The number of carbonyl (C=O) groups excluding carboxylic acids is 1. The van der Waals surface area contributed by atoms with E-state index in [1.54, 1.807) is 0 Å². The molecular weight excluding hydrogens is 276 g/mol. The third-order valence-corrected chi connectivity index (χ3v) is 4.24. The highest BCUT2D eigenvalue weighted by molar-refractivity contribution is 5.94. The summed E-state index contributed by atoms with van der Waals surface area (Å²) >= 11 is 0. The lowest BCUT2D eigenvalue weighted by Gasteiger charge is -2.27. The van der Waals surface area contributed by atoms with Gasteiger partial charge in [0.2, 0.25) is 0 Å². The molecule has 116 valence electrons. The van der Waals surface area contributed by atoms with Crippen LogP contribution in [0.15, 0.2) is 48.8 Å². The topological polar surface area (TPSA) is 34.5 Å². The molecule has 4 heteroatoms. The van der Waals surface area contributed by atoms with Crippen LogP contribution in [0.2, 0.25) is 0 Å². The third-order valence-electron chi connectivity index (χ3n) is 4.24. The van der Waals surface area contributed by atoms with E-state index in [2.05, 4.69) is 0 Å². The van der Waals surface area contributed by atoms with E-state index in [1.807, 2.05) is 65.3 Å². The molecule has 1 aromatic carbocycles. The van der Waals surface area contributed by atoms with Gasteiger partial charge in [-0.2, -0.15) is 0 Å². The van der Waals surface area contributed by atoms with Gasteiger partial charge in [0.1, 0.15) is 0 Å². The lowest BCUT2D eigenvalue weighted by molar-refractivity contribution is 0.0497. The van der Waals surface area contributed by atoms with Crippen molar-refractivity contribution in [1.82, 2.24) is 9.47 Å². The molecule has 22 heavy (non-hydrogen) atoms. The normalized spacial score (nSPS) is 15.7. The van der Waals surface area contributed by atoms with Gasteiger partial charge < -0.3 is 14.2 Å². The smallest absolute Gasteiger partial charge is 0.253 e. The standard InChI is InChI=1S/C18H22N2O2/c1-19(14-15-8-12-22-13-9-15)18(21)16-4-6-17(7-5-16)20-10-2-3-11-20/h2-7,10-11,15H,8-9,12-14H2,1H3. The van der Waals surface area contributed by atoms with Crippen LogP contribution in [0.4, 0.5) is 0 Å². The maximum absolute atomic E-state index is 12.5. The summed E-state index contributed by atoms with van der Waals surface area (Å²) in [6.07, 6.45) is 6.08. The molecule has 1 saturated heterocycles. The van der Waals surface area contributed by atoms with Crippen LogP contribution in [0.1, 0.15) is 23.2 Å². The summed E-state index contributed by atoms with van der Waals surface area (Å²) in [6, 6.07) is 11.7. The molecule has 0 radical (unpaired) electrons. The van der Waals surface area contributed by atoms with Crippen LogP contribution < -0.4 is 0 Å². The fraction of sp³-hybridized carbons (Fsp3) is 0.389. The Morgan fingerprint density at radius 3 is 2.45 bits per heavy atom. The first-order chi connectivity index (χ1) is 10.7. The number of amides is 1. The van der Waals surface area contributed by atoms with Crippen molar-refractivity contribution in [3.05, 3.63) is 54.4 Å². The van der Waals surface area contributed by atoms with Crippen LogP contribution in [-0.2, 0) is 4.74 Å². The Bertz CT molecular complexity index is 599. The summed E-state index contributed by atoms with van der Waals surface area (Å²) < 4.78 is 7.40. The van der Waals surface area contributed by atoms with Crippen LogP contribution in [0.5, 0.6) is 0 Å². The molecule has 2 aromatic rings. The number of nitrogens with zero attached hydrogens (tertiary/aromatic N) is 2. The number of hydrogen-bond acceptors (Lipinski definition) is 2. The molecule has 4 nitrogen and oxygen atoms in total. The van der Waals surface area contributed by atoms with Crippen molar-refractivity contribution >= 4 is 5.91 Å². The number of ether oxygens (including phenoxy) is 1. The number of aromatic nitrogens is 1. The fourth-order valence-corrected chi connectivity index (χ4v) is 2.90. The summed E-state index contributed by atoms with van der Waals surface area (Å²) in [5.74, 6) is 0.646. The molecule has 1 aromatic heterocycles. The van der Waals surface area contributed by atoms with Crippen molar-refractivity contribution in [2.75, 3.05) is 26.8 Å². The molecule has 1 aliphatic rings. The van der Waals surface area contributed by atoms with E-state index in [-0.39, 0.29) is 5.91 Å². The molecular formula is C18H22N2O2. The zero-order chi connectivity index (χ0) is 15.4. The first-order valence-electron chi connectivity index (χ1n) is 7.80. The van der Waals surface area contributed by atoms with E-state index in [4.69, 9.17) is 4.74 Å². The minimum Gasteiger partial charge on any atom is -0.381 e. The van der Waals surface area contributed by atoms with E-state index in [0.29, 0.717) is 5.92 Å². The zero-order valence-corrected chi connectivity index (χ0v) is 12.9. The molecule has 0 bridgehead atoms. The van der Waals surface area contributed by atoms with Crippen molar-refractivity contribution in [3.8, 4) is 5.69 Å². The molecule has 1 amide bonds. The lowest BCUT2D eigenvalue weighted by atomic mass is 9.99. The van der Waals surface area contributed by atoms with Gasteiger partial charge in [-0.05, 0) is 55.2 Å². The second kappa shape index (κ2) is 6.79. The fourth-order valence-electron chi connectivity index (χ4n) is 2.90. The molecule has 0 saturated carbocycles. The van der Waals surface area contributed by atoms with Crippen LogP contribution in [0.25, 0.3) is 5.69 Å². The highest BCUT2D eigenvalue weighted by Crippen LogP contribution is 2.17. The summed E-state index contributed by atoms with van der Waals surface area (Å²) in [5.41, 5.74) is 1.80. The summed E-state index contributed by atoms with van der Waals surface area (Å²) in [6.45, 7) is 2.44. The van der Waals surface area contributed by atoms with Gasteiger partial charge in [-0.3, -0.25) is 4.79 Å². The Balaban J connectivity index is 1.63. The van der Waals surface area contributed by atoms with Crippen LogP contribution >= 0.6 is 0 Å². The lowest BCUT2D eigenvalue weighted by Crippen LogP contribution is -2.34. The number of rotatable bonds is 4. The number of benzene rings is 1. The average Bonchev–Trinajstić information content (AvgIpc) is 3.10. The Hall–Kier alpha value is -2.07. The van der Waals surface area contributed by atoms with Gasteiger partial charge >= 0.3 is 0 Å². The predicted molar refractivity (Wildman–Crippen MR) is 86.3 cm³/mol. The van der Waals surface area contributed by atoms with Gasteiger partial charge in [-0.25, -0.2) is 0 Å². The second-order valence-corrected chi connectivity index (χ2v) is 5.88. The monoisotopic (exact) mass is 298 g/mol. The van der Waals surface area contributed by atoms with Crippen LogP contribution in [-0.4, -0.2) is 42.2 Å². The minimum absolute atomic E-state index is 0.0885. The molecule has 3 rings (SSSR count). The zero-order valence-electron chi connectivity index (χ0n) is 12.9. The number of hydrogen-bond donors (Lipinski definition) is 0. The van der Waals surface area contributed by atoms with Crippen LogP contribution in [0, 0.1) is 5.92 Å². The van der Waals surface area contributed by atoms with Crippen molar-refractivity contribution < 1.29 is 9.53 Å². The second-order valence-electron chi connectivity index (χ2n) is 5.88. The average molecular weight is 298 g/mol. The Kier molecular flexibility index (Phi) is 4.59. The molecule has 1 fully saturated rings. The van der Waals surface area contributed by atoms with Crippen LogP contribution in [0.3, 0.4) is 0 Å². The third kappa shape index (κ3) is 3.39. The van der Waals surface area contributed by atoms with Gasteiger partial charge in [0.05, 0.1) is 0 Å². The maximum Gasteiger partial charge on any atom is 0.253 e. The largest absolute Gasteiger partial charge is 0.381 e. The molecule has 0 spiro atoms. The van der Waals surface area contributed by atoms with E-state index in [0.717, 1.165) is 43.9 Å².